The van der Waals surface area contributed by atoms with E-state index in [0.717, 1.165) is 28.0 Å². The van der Waals surface area contributed by atoms with Gasteiger partial charge in [-0.25, -0.2) is 0 Å². The van der Waals surface area contributed by atoms with Crippen molar-refractivity contribution < 1.29 is 12.7 Å². The molecule has 0 unspecified atom stereocenters. The van der Waals surface area contributed by atoms with Crippen LogP contribution < -0.4 is 0 Å². The molecule has 7 heteroatoms. The minimum Gasteiger partial charge on any atom is -0.267 e. The number of nitrogens with zero attached hydrogens (tertiary/aromatic N) is 2. The van der Waals surface area contributed by atoms with Crippen LogP contribution in [0.2, 0.25) is 0 Å². The van der Waals surface area contributed by atoms with Crippen LogP contribution in [0.15, 0.2) is 51.1 Å². The second kappa shape index (κ2) is 7.66. The van der Waals surface area contributed by atoms with Crippen molar-refractivity contribution in [3.8, 4) is 6.07 Å². The van der Waals surface area contributed by atoms with Crippen molar-refractivity contribution in [3.63, 3.8) is 0 Å². The van der Waals surface area contributed by atoms with Gasteiger partial charge in [0.1, 0.15) is 5.04 Å². The summed E-state index contributed by atoms with van der Waals surface area (Å²) in [5.74, 6) is -0.0454. The van der Waals surface area contributed by atoms with Gasteiger partial charge >= 0.3 is 10.1 Å². The van der Waals surface area contributed by atoms with E-state index in [-0.39, 0.29) is 5.75 Å². The van der Waals surface area contributed by atoms with Gasteiger partial charge in [0.05, 0.1) is 18.2 Å². The maximum atomic E-state index is 11.5. The first-order valence-electron chi connectivity index (χ1n) is 7.29. The van der Waals surface area contributed by atoms with Crippen molar-refractivity contribution in [2.75, 3.05) is 5.75 Å². The number of hydrogen-bond acceptors (Lipinski definition) is 6. The predicted octanol–water partition coefficient (Wildman–Crippen LogP) is 3.80. The highest BCUT2D eigenvalue weighted by atomic mass is 32.2. The molecular formula is C16H18N2O3S2. The van der Waals surface area contributed by atoms with Gasteiger partial charge in [0.25, 0.3) is 0 Å². The van der Waals surface area contributed by atoms with E-state index in [2.05, 4.69) is 15.5 Å². The van der Waals surface area contributed by atoms with Crippen LogP contribution in [0, 0.1) is 11.3 Å². The average Bonchev–Trinajstić information content (AvgIpc) is 2.96. The summed E-state index contributed by atoms with van der Waals surface area (Å²) in [4.78, 5) is 1.01. The summed E-state index contributed by atoms with van der Waals surface area (Å²) in [7, 11) is -3.60. The molecular weight excluding hydrogens is 332 g/mol. The molecule has 0 atom stereocenters. The standard InChI is InChI=1S/C16H18N2O3S2/c1-3-11-23(19,20)21-18-16-8-7-15(22-16)14-6-4-5-13(9-10-17)12(14)2/h4-5,7-8H,3,6,9,11H2,1-2H3. The molecule has 0 N–H and O–H groups in total. The summed E-state index contributed by atoms with van der Waals surface area (Å²) in [6.45, 7) is 3.77. The van der Waals surface area contributed by atoms with E-state index in [1.807, 2.05) is 25.2 Å². The maximum absolute atomic E-state index is 11.5. The Kier molecular flexibility index (Phi) is 5.85. The second-order valence-corrected chi connectivity index (χ2v) is 7.87. The van der Waals surface area contributed by atoms with Crippen LogP contribution >= 0.6 is 11.8 Å². The Bertz CT molecular complexity index is 779. The molecule has 0 amide bonds. The van der Waals surface area contributed by atoms with Crippen molar-refractivity contribution in [3.05, 3.63) is 45.9 Å². The number of rotatable bonds is 5. The molecule has 122 valence electrons. The topological polar surface area (TPSA) is 79.5 Å². The fraction of sp³-hybridized carbons (Fsp3) is 0.375. The summed E-state index contributed by atoms with van der Waals surface area (Å²) in [5.41, 5.74) is 3.25. The molecule has 0 fully saturated rings. The highest BCUT2D eigenvalue weighted by Gasteiger charge is 2.19. The third kappa shape index (κ3) is 4.60. The third-order valence-electron chi connectivity index (χ3n) is 3.43. The van der Waals surface area contributed by atoms with Gasteiger partial charge in [-0.3, -0.25) is 4.28 Å². The smallest absolute Gasteiger partial charge is 0.267 e. The lowest BCUT2D eigenvalue weighted by Crippen LogP contribution is -2.07. The van der Waals surface area contributed by atoms with Crippen molar-refractivity contribution in [1.29, 1.82) is 5.26 Å². The highest BCUT2D eigenvalue weighted by molar-refractivity contribution is 8.18. The Morgan fingerprint density at radius 3 is 2.87 bits per heavy atom. The zero-order valence-corrected chi connectivity index (χ0v) is 14.7. The molecule has 23 heavy (non-hydrogen) atoms. The molecule has 0 spiro atoms. The van der Waals surface area contributed by atoms with E-state index in [1.165, 1.54) is 11.8 Å². The van der Waals surface area contributed by atoms with E-state index in [1.54, 1.807) is 13.0 Å². The van der Waals surface area contributed by atoms with Crippen molar-refractivity contribution >= 4 is 26.9 Å². The van der Waals surface area contributed by atoms with Crippen LogP contribution in [0.3, 0.4) is 0 Å². The molecule has 0 aromatic heterocycles. The minimum absolute atomic E-state index is 0.0454. The molecule has 2 aliphatic rings. The van der Waals surface area contributed by atoms with Crippen LogP contribution in [0.4, 0.5) is 0 Å². The Labute approximate surface area is 141 Å². The van der Waals surface area contributed by atoms with Crippen LogP contribution in [0.5, 0.6) is 0 Å². The molecule has 0 aromatic carbocycles. The lowest BCUT2D eigenvalue weighted by atomic mass is 9.92. The van der Waals surface area contributed by atoms with E-state index >= 15 is 0 Å². The Morgan fingerprint density at radius 1 is 1.39 bits per heavy atom. The number of hydrogen-bond donors (Lipinski definition) is 0. The number of nitriles is 1. The zero-order chi connectivity index (χ0) is 16.9. The monoisotopic (exact) mass is 350 g/mol. The van der Waals surface area contributed by atoms with E-state index in [4.69, 9.17) is 5.26 Å². The first-order chi connectivity index (χ1) is 11.0. The zero-order valence-electron chi connectivity index (χ0n) is 13.1. The molecule has 0 aromatic rings. The van der Waals surface area contributed by atoms with Crippen LogP contribution in [0.1, 0.15) is 33.1 Å². The predicted molar refractivity (Wildman–Crippen MR) is 93.0 cm³/mol. The molecule has 5 nitrogen and oxygen atoms in total. The lowest BCUT2D eigenvalue weighted by Gasteiger charge is -2.16. The molecule has 1 heterocycles. The van der Waals surface area contributed by atoms with E-state index in [9.17, 15) is 8.42 Å². The van der Waals surface area contributed by atoms with Gasteiger partial charge in [0.15, 0.2) is 0 Å². The Morgan fingerprint density at radius 2 is 2.17 bits per heavy atom. The molecule has 1 aliphatic heterocycles. The molecule has 0 bridgehead atoms. The highest BCUT2D eigenvalue weighted by Crippen LogP contribution is 2.37. The van der Waals surface area contributed by atoms with E-state index in [0.29, 0.717) is 17.9 Å². The van der Waals surface area contributed by atoms with Gasteiger partial charge in [-0.05, 0) is 48.6 Å². The summed E-state index contributed by atoms with van der Waals surface area (Å²) in [6, 6.07) is 2.17. The van der Waals surface area contributed by atoms with E-state index < -0.39 is 10.1 Å². The minimum atomic E-state index is -3.60. The molecule has 0 radical (unpaired) electrons. The lowest BCUT2D eigenvalue weighted by molar-refractivity contribution is 0.340. The summed E-state index contributed by atoms with van der Waals surface area (Å²) in [5, 5.41) is 13.1. The first-order valence-corrected chi connectivity index (χ1v) is 9.68. The number of allylic oxidation sites excluding steroid dienone is 6. The van der Waals surface area contributed by atoms with Crippen LogP contribution in [-0.4, -0.2) is 19.2 Å². The van der Waals surface area contributed by atoms with Gasteiger partial charge in [-0.2, -0.15) is 13.7 Å². The second-order valence-electron chi connectivity index (χ2n) is 5.14. The summed E-state index contributed by atoms with van der Waals surface area (Å²) in [6.07, 6.45) is 9.33. The van der Waals surface area contributed by atoms with Crippen molar-refractivity contribution in [1.82, 2.24) is 0 Å². The number of thioether (sulfide) groups is 1. The largest absolute Gasteiger partial charge is 0.328 e. The quantitative estimate of drug-likeness (QED) is 0.705. The SMILES string of the molecule is CCCS(=O)(=O)ON=C1C=CC(=C2CC=CC(CC#N)=C2C)S1. The summed E-state index contributed by atoms with van der Waals surface area (Å²) >= 11 is 1.38. The summed E-state index contributed by atoms with van der Waals surface area (Å²) < 4.78 is 27.7. The average molecular weight is 350 g/mol. The Hall–Kier alpha value is -1.78. The van der Waals surface area contributed by atoms with Gasteiger partial charge in [0, 0.05) is 4.91 Å². The Balaban J connectivity index is 2.16. The first kappa shape index (κ1) is 17.6. The van der Waals surface area contributed by atoms with Crippen LogP contribution in [-0.2, 0) is 14.4 Å². The van der Waals surface area contributed by atoms with Crippen molar-refractivity contribution in [2.24, 2.45) is 5.16 Å². The maximum Gasteiger partial charge on any atom is 0.328 e. The fourth-order valence-corrected chi connectivity index (χ4v) is 4.02. The van der Waals surface area contributed by atoms with Gasteiger partial charge in [-0.15, -0.1) is 0 Å². The molecule has 1 aliphatic carbocycles. The molecule has 0 saturated carbocycles. The number of oxime groups is 1. The fourth-order valence-electron chi connectivity index (χ4n) is 2.27. The molecule has 2 rings (SSSR count). The normalized spacial score (nSPS) is 22.7. The molecule has 0 saturated heterocycles. The van der Waals surface area contributed by atoms with Gasteiger partial charge < -0.3 is 0 Å². The van der Waals surface area contributed by atoms with Crippen LogP contribution in [0.25, 0.3) is 0 Å². The van der Waals surface area contributed by atoms with Gasteiger partial charge in [0.2, 0.25) is 0 Å². The van der Waals surface area contributed by atoms with Crippen molar-refractivity contribution in [2.45, 2.75) is 33.1 Å². The third-order valence-corrected chi connectivity index (χ3v) is 5.66. The van der Waals surface area contributed by atoms with Gasteiger partial charge in [-0.1, -0.05) is 36.0 Å².